The first-order valence-electron chi connectivity index (χ1n) is 4.95. The van der Waals surface area contributed by atoms with Crippen LogP contribution in [0.5, 0.6) is 5.88 Å². The van der Waals surface area contributed by atoms with Gasteiger partial charge in [0, 0.05) is 6.54 Å². The highest BCUT2D eigenvalue weighted by Gasteiger charge is 2.10. The van der Waals surface area contributed by atoms with E-state index in [4.69, 9.17) is 39.5 Å². The van der Waals surface area contributed by atoms with E-state index in [-0.39, 0.29) is 33.6 Å². The van der Waals surface area contributed by atoms with E-state index in [0.717, 1.165) is 6.42 Å². The predicted octanol–water partition coefficient (Wildman–Crippen LogP) is 2.95. The average Bonchev–Trinajstić information content (AvgIpc) is 2.29. The Morgan fingerprint density at radius 2 is 2.12 bits per heavy atom. The quantitative estimate of drug-likeness (QED) is 0.850. The largest absolute Gasteiger partial charge is 0.466 e. The van der Waals surface area contributed by atoms with Gasteiger partial charge >= 0.3 is 0 Å². The Morgan fingerprint density at radius 1 is 1.41 bits per heavy atom. The normalized spacial score (nSPS) is 10.1. The molecule has 0 atom stereocenters. The monoisotopic (exact) mass is 296 g/mol. The third-order valence-electron chi connectivity index (χ3n) is 1.77. The maximum absolute atomic E-state index is 11.3. The van der Waals surface area contributed by atoms with Crippen molar-refractivity contribution in [3.63, 3.8) is 0 Å². The number of halogens is 3. The Bertz CT molecular complexity index is 413. The number of hydrogen-bond donors (Lipinski definition) is 1. The van der Waals surface area contributed by atoms with E-state index in [1.165, 1.54) is 6.07 Å². The maximum Gasteiger partial charge on any atom is 0.258 e. The van der Waals surface area contributed by atoms with Gasteiger partial charge in [-0.1, -0.05) is 41.7 Å². The van der Waals surface area contributed by atoms with Gasteiger partial charge in [-0.15, -0.1) is 0 Å². The first-order chi connectivity index (χ1) is 8.04. The SMILES string of the molecule is CCCNC(=O)COc1nc(Cl)c(Cl)cc1Cl. The molecule has 7 heteroatoms. The van der Waals surface area contributed by atoms with Crippen LogP contribution in [0, 0.1) is 0 Å². The van der Waals surface area contributed by atoms with Crippen molar-refractivity contribution in [3.8, 4) is 5.88 Å². The fraction of sp³-hybridized carbons (Fsp3) is 0.400. The van der Waals surface area contributed by atoms with Crippen LogP contribution < -0.4 is 10.1 Å². The summed E-state index contributed by atoms with van der Waals surface area (Å²) in [4.78, 5) is 15.1. The van der Waals surface area contributed by atoms with E-state index in [9.17, 15) is 4.79 Å². The van der Waals surface area contributed by atoms with Crippen molar-refractivity contribution in [1.82, 2.24) is 10.3 Å². The molecule has 94 valence electrons. The summed E-state index contributed by atoms with van der Waals surface area (Å²) in [7, 11) is 0. The minimum absolute atomic E-state index is 0.0834. The highest BCUT2D eigenvalue weighted by atomic mass is 35.5. The molecule has 1 aromatic rings. The Balaban J connectivity index is 2.57. The van der Waals surface area contributed by atoms with Gasteiger partial charge in [0.05, 0.1) is 5.02 Å². The summed E-state index contributed by atoms with van der Waals surface area (Å²) >= 11 is 17.2. The zero-order valence-electron chi connectivity index (χ0n) is 9.10. The van der Waals surface area contributed by atoms with Crippen molar-refractivity contribution in [2.45, 2.75) is 13.3 Å². The molecule has 0 aliphatic carbocycles. The van der Waals surface area contributed by atoms with E-state index in [1.807, 2.05) is 6.92 Å². The van der Waals surface area contributed by atoms with Gasteiger partial charge < -0.3 is 10.1 Å². The number of hydrogen-bond acceptors (Lipinski definition) is 3. The minimum Gasteiger partial charge on any atom is -0.466 e. The lowest BCUT2D eigenvalue weighted by molar-refractivity contribution is -0.123. The van der Waals surface area contributed by atoms with E-state index < -0.39 is 0 Å². The second kappa shape index (κ2) is 6.89. The number of ether oxygens (including phenoxy) is 1. The Kier molecular flexibility index (Phi) is 5.82. The fourth-order valence-electron chi connectivity index (χ4n) is 0.979. The van der Waals surface area contributed by atoms with E-state index >= 15 is 0 Å². The molecule has 0 radical (unpaired) electrons. The number of nitrogens with one attached hydrogen (secondary N) is 1. The molecule has 17 heavy (non-hydrogen) atoms. The molecule has 1 N–H and O–H groups in total. The lowest BCUT2D eigenvalue weighted by atomic mass is 10.4. The lowest BCUT2D eigenvalue weighted by Crippen LogP contribution is -2.29. The molecule has 4 nitrogen and oxygen atoms in total. The molecular formula is C10H11Cl3N2O2. The number of carbonyl (C=O) groups is 1. The molecule has 1 heterocycles. The number of amides is 1. The molecule has 0 aliphatic rings. The third-order valence-corrected chi connectivity index (χ3v) is 2.71. The minimum atomic E-state index is -0.240. The van der Waals surface area contributed by atoms with E-state index in [0.29, 0.717) is 6.54 Å². The van der Waals surface area contributed by atoms with Crippen molar-refractivity contribution in [1.29, 1.82) is 0 Å². The summed E-state index contributed by atoms with van der Waals surface area (Å²) in [5, 5.41) is 3.18. The first-order valence-corrected chi connectivity index (χ1v) is 6.09. The summed E-state index contributed by atoms with van der Waals surface area (Å²) in [5.74, 6) is -0.150. The number of pyridine rings is 1. The standard InChI is InChI=1S/C10H11Cl3N2O2/c1-2-3-14-8(16)5-17-10-7(12)4-6(11)9(13)15-10/h4H,2-3,5H2,1H3,(H,14,16). The molecule has 0 fully saturated rings. The molecule has 1 rings (SSSR count). The van der Waals surface area contributed by atoms with Crippen molar-refractivity contribution < 1.29 is 9.53 Å². The van der Waals surface area contributed by atoms with Crippen LogP contribution in [0.1, 0.15) is 13.3 Å². The second-order valence-electron chi connectivity index (χ2n) is 3.19. The molecule has 1 aromatic heterocycles. The van der Waals surface area contributed by atoms with Crippen molar-refractivity contribution in [3.05, 3.63) is 21.3 Å². The Hall–Kier alpha value is -0.710. The zero-order chi connectivity index (χ0) is 12.8. The average molecular weight is 298 g/mol. The number of aromatic nitrogens is 1. The van der Waals surface area contributed by atoms with Gasteiger partial charge in [0.15, 0.2) is 11.8 Å². The van der Waals surface area contributed by atoms with Gasteiger partial charge in [0.2, 0.25) is 5.88 Å². The molecular weight excluding hydrogens is 286 g/mol. The number of rotatable bonds is 5. The molecule has 0 saturated carbocycles. The summed E-state index contributed by atoms with van der Waals surface area (Å²) in [6.45, 7) is 2.40. The smallest absolute Gasteiger partial charge is 0.258 e. The van der Waals surface area contributed by atoms with Crippen molar-refractivity contribution in [2.24, 2.45) is 0 Å². The third kappa shape index (κ3) is 4.58. The van der Waals surface area contributed by atoms with Crippen LogP contribution in [0.3, 0.4) is 0 Å². The highest BCUT2D eigenvalue weighted by molar-refractivity contribution is 6.42. The van der Waals surface area contributed by atoms with Gasteiger partial charge in [0.25, 0.3) is 5.91 Å². The summed E-state index contributed by atoms with van der Waals surface area (Å²) in [5.41, 5.74) is 0. The van der Waals surface area contributed by atoms with Crippen LogP contribution in [0.25, 0.3) is 0 Å². The van der Waals surface area contributed by atoms with Crippen LogP contribution in [-0.2, 0) is 4.79 Å². The molecule has 1 amide bonds. The molecule has 0 spiro atoms. The first kappa shape index (κ1) is 14.4. The summed E-state index contributed by atoms with van der Waals surface area (Å²) in [6, 6.07) is 1.41. The molecule has 0 bridgehead atoms. The fourth-order valence-corrected chi connectivity index (χ4v) is 1.52. The van der Waals surface area contributed by atoms with Crippen LogP contribution in [-0.4, -0.2) is 24.0 Å². The molecule has 0 aliphatic heterocycles. The zero-order valence-corrected chi connectivity index (χ0v) is 11.4. The van der Waals surface area contributed by atoms with Gasteiger partial charge in [-0.3, -0.25) is 4.79 Å². The summed E-state index contributed by atoms with van der Waals surface area (Å²) < 4.78 is 5.13. The van der Waals surface area contributed by atoms with Crippen LogP contribution in [0.15, 0.2) is 6.07 Å². The topological polar surface area (TPSA) is 51.2 Å². The van der Waals surface area contributed by atoms with E-state index in [1.54, 1.807) is 0 Å². The maximum atomic E-state index is 11.3. The second-order valence-corrected chi connectivity index (χ2v) is 4.36. The molecule has 0 saturated heterocycles. The van der Waals surface area contributed by atoms with Crippen LogP contribution in [0.2, 0.25) is 15.2 Å². The summed E-state index contributed by atoms with van der Waals surface area (Å²) in [6.07, 6.45) is 0.859. The lowest BCUT2D eigenvalue weighted by Gasteiger charge is -2.08. The van der Waals surface area contributed by atoms with Crippen molar-refractivity contribution >= 4 is 40.7 Å². The molecule has 0 unspecified atom stereocenters. The highest BCUT2D eigenvalue weighted by Crippen LogP contribution is 2.30. The number of carbonyl (C=O) groups excluding carboxylic acids is 1. The van der Waals surface area contributed by atoms with Crippen LogP contribution >= 0.6 is 34.8 Å². The van der Waals surface area contributed by atoms with Gasteiger partial charge in [-0.05, 0) is 12.5 Å². The Labute approximate surface area is 114 Å². The van der Waals surface area contributed by atoms with E-state index in [2.05, 4.69) is 10.3 Å². The number of nitrogens with zero attached hydrogens (tertiary/aromatic N) is 1. The van der Waals surface area contributed by atoms with Crippen molar-refractivity contribution in [2.75, 3.05) is 13.2 Å². The predicted molar refractivity (Wildman–Crippen MR) is 68.1 cm³/mol. The van der Waals surface area contributed by atoms with Crippen LogP contribution in [0.4, 0.5) is 0 Å². The van der Waals surface area contributed by atoms with Gasteiger partial charge in [-0.2, -0.15) is 4.98 Å². The molecule has 0 aromatic carbocycles. The van der Waals surface area contributed by atoms with Gasteiger partial charge in [0.1, 0.15) is 5.02 Å². The Morgan fingerprint density at radius 3 is 2.76 bits per heavy atom. The van der Waals surface area contributed by atoms with Gasteiger partial charge in [-0.25, -0.2) is 0 Å².